The highest BCUT2D eigenvalue weighted by atomic mass is 32.2. The van der Waals surface area contributed by atoms with Gasteiger partial charge in [-0.25, -0.2) is 4.98 Å². The Labute approximate surface area is 110 Å². The number of unbranched alkanes of at least 4 members (excludes halogenated alkanes) is 2. The smallest absolute Gasteiger partial charge is 0.331 e. The first-order valence-corrected chi connectivity index (χ1v) is 7.09. The summed E-state index contributed by atoms with van der Waals surface area (Å²) in [4.78, 5) is 13.4. The van der Waals surface area contributed by atoms with Crippen molar-refractivity contribution >= 4 is 21.5 Å². The quantitative estimate of drug-likeness (QED) is 0.348. The lowest BCUT2D eigenvalue weighted by Gasteiger charge is -2.06. The van der Waals surface area contributed by atoms with E-state index in [0.717, 1.165) is 25.1 Å². The molecule has 0 amide bonds. The summed E-state index contributed by atoms with van der Waals surface area (Å²) in [6, 6.07) is 1.16. The molecule has 1 aromatic heterocycles. The molecule has 1 aromatic rings. The minimum absolute atomic E-state index is 0.0379. The average molecular weight is 289 g/mol. The first-order valence-electron chi connectivity index (χ1n) is 5.68. The number of nitrogens with two attached hydrogens (primary N) is 1. The van der Waals surface area contributed by atoms with Crippen molar-refractivity contribution in [2.75, 3.05) is 12.3 Å². The van der Waals surface area contributed by atoms with Gasteiger partial charge >= 0.3 is 15.8 Å². The number of hydrogen-bond donors (Lipinski definition) is 1. The Balaban J connectivity index is 3.01. The number of anilines is 1. The van der Waals surface area contributed by atoms with Crippen LogP contribution in [0.2, 0.25) is 0 Å². The van der Waals surface area contributed by atoms with Crippen LogP contribution >= 0.6 is 0 Å². The number of nitro groups is 1. The molecule has 0 saturated carbocycles. The maximum atomic E-state index is 11.8. The van der Waals surface area contributed by atoms with Crippen LogP contribution in [0.1, 0.15) is 26.2 Å². The normalized spacial score (nSPS) is 11.4. The lowest BCUT2D eigenvalue weighted by Crippen LogP contribution is -2.13. The number of nitrogens with zero attached hydrogens (tertiary/aromatic N) is 2. The van der Waals surface area contributed by atoms with Crippen LogP contribution in [0, 0.1) is 10.1 Å². The molecule has 1 heterocycles. The van der Waals surface area contributed by atoms with Crippen LogP contribution in [0.5, 0.6) is 0 Å². The van der Waals surface area contributed by atoms with Crippen molar-refractivity contribution in [3.05, 3.63) is 22.4 Å². The fourth-order valence-electron chi connectivity index (χ4n) is 1.39. The summed E-state index contributed by atoms with van der Waals surface area (Å²) < 4.78 is 28.4. The van der Waals surface area contributed by atoms with E-state index >= 15 is 0 Å². The summed E-state index contributed by atoms with van der Waals surface area (Å²) >= 11 is 0. The molecule has 0 aromatic carbocycles. The Kier molecular flexibility index (Phi) is 5.19. The molecule has 8 nitrogen and oxygen atoms in total. The highest BCUT2D eigenvalue weighted by molar-refractivity contribution is 7.86. The Bertz CT molecular complexity index is 558. The first kappa shape index (κ1) is 15.3. The highest BCUT2D eigenvalue weighted by Gasteiger charge is 2.30. The Hall–Kier alpha value is -1.74. The molecular weight excluding hydrogens is 274 g/mol. The highest BCUT2D eigenvalue weighted by Crippen LogP contribution is 2.28. The van der Waals surface area contributed by atoms with Gasteiger partial charge in [0.15, 0.2) is 0 Å². The third kappa shape index (κ3) is 3.86. The van der Waals surface area contributed by atoms with Crippen molar-refractivity contribution in [1.82, 2.24) is 4.98 Å². The zero-order chi connectivity index (χ0) is 14.5. The topological polar surface area (TPSA) is 125 Å². The summed E-state index contributed by atoms with van der Waals surface area (Å²) in [5, 5.41) is 10.1. The molecule has 0 atom stereocenters. The standard InChI is InChI=1S/C10H15N3O5S/c1-2-3-4-7-18-19(16,17)10-9(13(14)15)8(11)5-6-12-10/h5-6H,2-4,7H2,1H3,(H2,11,12). The molecule has 0 unspecified atom stereocenters. The predicted octanol–water partition coefficient (Wildman–Crippen LogP) is 1.47. The molecule has 0 aliphatic carbocycles. The van der Waals surface area contributed by atoms with Crippen molar-refractivity contribution in [2.45, 2.75) is 31.2 Å². The molecule has 9 heteroatoms. The fraction of sp³-hybridized carbons (Fsp3) is 0.500. The van der Waals surface area contributed by atoms with Gasteiger partial charge in [-0.05, 0) is 12.5 Å². The van der Waals surface area contributed by atoms with E-state index in [0.29, 0.717) is 6.42 Å². The molecular formula is C10H15N3O5S. The maximum Gasteiger partial charge on any atom is 0.331 e. The zero-order valence-electron chi connectivity index (χ0n) is 10.4. The van der Waals surface area contributed by atoms with Gasteiger partial charge in [-0.1, -0.05) is 19.8 Å². The number of nitrogen functional groups attached to an aromatic ring is 1. The molecule has 0 radical (unpaired) electrons. The van der Waals surface area contributed by atoms with Gasteiger partial charge in [0.05, 0.1) is 11.5 Å². The summed E-state index contributed by atoms with van der Waals surface area (Å²) in [7, 11) is -4.27. The van der Waals surface area contributed by atoms with Crippen molar-refractivity contribution in [1.29, 1.82) is 0 Å². The molecule has 19 heavy (non-hydrogen) atoms. The van der Waals surface area contributed by atoms with Crippen molar-refractivity contribution in [3.8, 4) is 0 Å². The third-order valence-corrected chi connectivity index (χ3v) is 3.58. The van der Waals surface area contributed by atoms with Gasteiger partial charge in [0.2, 0.25) is 0 Å². The predicted molar refractivity (Wildman–Crippen MR) is 68.0 cm³/mol. The summed E-state index contributed by atoms with van der Waals surface area (Å²) in [5.41, 5.74) is 4.37. The van der Waals surface area contributed by atoms with Crippen LogP contribution in [-0.4, -0.2) is 24.9 Å². The summed E-state index contributed by atoms with van der Waals surface area (Å²) in [5.74, 6) is 0. The first-order chi connectivity index (χ1) is 8.90. The van der Waals surface area contributed by atoms with Gasteiger partial charge in [0, 0.05) is 6.20 Å². The lowest BCUT2D eigenvalue weighted by molar-refractivity contribution is -0.387. The van der Waals surface area contributed by atoms with Gasteiger partial charge in [0.1, 0.15) is 5.69 Å². The van der Waals surface area contributed by atoms with Crippen LogP contribution in [0.4, 0.5) is 11.4 Å². The molecule has 0 bridgehead atoms. The second-order valence-corrected chi connectivity index (χ2v) is 5.32. The molecule has 0 saturated heterocycles. The van der Waals surface area contributed by atoms with Crippen molar-refractivity contribution < 1.29 is 17.5 Å². The average Bonchev–Trinajstić information content (AvgIpc) is 2.34. The largest absolute Gasteiger partial charge is 0.393 e. The van der Waals surface area contributed by atoms with E-state index in [1.54, 1.807) is 0 Å². The van der Waals surface area contributed by atoms with Crippen LogP contribution in [-0.2, 0) is 14.3 Å². The van der Waals surface area contributed by atoms with Crippen molar-refractivity contribution in [3.63, 3.8) is 0 Å². The Morgan fingerprint density at radius 1 is 1.47 bits per heavy atom. The van der Waals surface area contributed by atoms with Crippen LogP contribution < -0.4 is 5.73 Å². The maximum absolute atomic E-state index is 11.8. The van der Waals surface area contributed by atoms with Crippen LogP contribution in [0.15, 0.2) is 17.3 Å². The monoisotopic (exact) mass is 289 g/mol. The molecule has 0 aliphatic rings. The molecule has 0 aliphatic heterocycles. The Morgan fingerprint density at radius 2 is 2.16 bits per heavy atom. The second kappa shape index (κ2) is 6.43. The molecule has 1 rings (SSSR count). The van der Waals surface area contributed by atoms with Gasteiger partial charge in [0.25, 0.3) is 5.03 Å². The fourth-order valence-corrected chi connectivity index (χ4v) is 2.46. The number of aromatic nitrogens is 1. The second-order valence-electron chi connectivity index (χ2n) is 3.79. The van der Waals surface area contributed by atoms with E-state index in [1.807, 2.05) is 6.92 Å². The molecule has 106 valence electrons. The van der Waals surface area contributed by atoms with E-state index in [4.69, 9.17) is 9.92 Å². The van der Waals surface area contributed by atoms with E-state index in [2.05, 4.69) is 4.98 Å². The minimum Gasteiger partial charge on any atom is -0.393 e. The van der Waals surface area contributed by atoms with Gasteiger partial charge in [-0.2, -0.15) is 8.42 Å². The summed E-state index contributed by atoms with van der Waals surface area (Å²) in [6.07, 6.45) is 3.35. The third-order valence-electron chi connectivity index (χ3n) is 2.33. The van der Waals surface area contributed by atoms with Crippen LogP contribution in [0.25, 0.3) is 0 Å². The van der Waals surface area contributed by atoms with Gasteiger partial charge in [-0.15, -0.1) is 0 Å². The molecule has 2 N–H and O–H groups in total. The molecule has 0 spiro atoms. The summed E-state index contributed by atoms with van der Waals surface area (Å²) in [6.45, 7) is 1.92. The number of pyridine rings is 1. The SMILES string of the molecule is CCCCCOS(=O)(=O)c1nccc(N)c1[N+](=O)[O-]. The van der Waals surface area contributed by atoms with E-state index in [1.165, 1.54) is 0 Å². The number of rotatable bonds is 7. The Morgan fingerprint density at radius 3 is 2.74 bits per heavy atom. The van der Waals surface area contributed by atoms with E-state index in [9.17, 15) is 18.5 Å². The van der Waals surface area contributed by atoms with Gasteiger partial charge < -0.3 is 5.73 Å². The zero-order valence-corrected chi connectivity index (χ0v) is 11.2. The molecule has 0 fully saturated rings. The number of hydrogen-bond acceptors (Lipinski definition) is 7. The minimum atomic E-state index is -4.27. The lowest BCUT2D eigenvalue weighted by atomic mass is 10.3. The van der Waals surface area contributed by atoms with E-state index in [-0.39, 0.29) is 12.3 Å². The van der Waals surface area contributed by atoms with Gasteiger partial charge in [-0.3, -0.25) is 14.3 Å². The van der Waals surface area contributed by atoms with Crippen LogP contribution in [0.3, 0.4) is 0 Å². The van der Waals surface area contributed by atoms with Crippen molar-refractivity contribution in [2.24, 2.45) is 0 Å². The van der Waals surface area contributed by atoms with E-state index < -0.39 is 25.8 Å².